The van der Waals surface area contributed by atoms with Gasteiger partial charge in [0.2, 0.25) is 5.78 Å². The highest BCUT2D eigenvalue weighted by Crippen LogP contribution is 2.32. The number of carbonyl (C=O) groups is 2. The minimum Gasteiger partial charge on any atom is -0.289 e. The van der Waals surface area contributed by atoms with Crippen LogP contribution in [0.15, 0.2) is 59.6 Å². The first-order valence-electron chi connectivity index (χ1n) is 8.87. The molecule has 26 heavy (non-hydrogen) atoms. The molecule has 4 rings (SSSR count). The normalized spacial score (nSPS) is 17.1. The molecule has 0 unspecified atom stereocenters. The predicted octanol–water partition coefficient (Wildman–Crippen LogP) is 6.58. The van der Waals surface area contributed by atoms with Gasteiger partial charge in [-0.05, 0) is 36.5 Å². The SMILES string of the molecule is Clc1ccc(C2CCCCC2)cc1.O=C1C=C(Cl)C(=O)c2ccccc21. The summed E-state index contributed by atoms with van der Waals surface area (Å²) in [4.78, 5) is 22.7. The number of benzene rings is 2. The second-order valence-electron chi connectivity index (χ2n) is 6.62. The van der Waals surface area contributed by atoms with Crippen molar-refractivity contribution in [2.24, 2.45) is 0 Å². The molecule has 0 N–H and O–H groups in total. The fourth-order valence-corrected chi connectivity index (χ4v) is 3.78. The van der Waals surface area contributed by atoms with E-state index in [-0.39, 0.29) is 16.6 Å². The summed E-state index contributed by atoms with van der Waals surface area (Å²) in [5.74, 6) is 0.308. The first-order chi connectivity index (χ1) is 12.6. The Hall–Kier alpha value is -1.90. The quantitative estimate of drug-likeness (QED) is 0.554. The van der Waals surface area contributed by atoms with Crippen molar-refractivity contribution in [2.45, 2.75) is 38.0 Å². The molecule has 0 amide bonds. The molecule has 0 bridgehead atoms. The van der Waals surface area contributed by atoms with E-state index in [0.717, 1.165) is 17.0 Å². The van der Waals surface area contributed by atoms with Gasteiger partial charge in [-0.25, -0.2) is 0 Å². The van der Waals surface area contributed by atoms with E-state index in [9.17, 15) is 9.59 Å². The van der Waals surface area contributed by atoms with Crippen molar-refractivity contribution in [3.63, 3.8) is 0 Å². The van der Waals surface area contributed by atoms with E-state index in [4.69, 9.17) is 23.2 Å². The van der Waals surface area contributed by atoms with Gasteiger partial charge in [0, 0.05) is 22.2 Å². The van der Waals surface area contributed by atoms with Gasteiger partial charge in [-0.2, -0.15) is 0 Å². The molecule has 0 atom stereocenters. The summed E-state index contributed by atoms with van der Waals surface area (Å²) in [6.07, 6.45) is 8.10. The van der Waals surface area contributed by atoms with Crippen LogP contribution in [0.5, 0.6) is 0 Å². The molecule has 4 heteroatoms. The molecule has 2 aromatic carbocycles. The average molecular weight is 387 g/mol. The second kappa shape index (κ2) is 8.66. The largest absolute Gasteiger partial charge is 0.289 e. The second-order valence-corrected chi connectivity index (χ2v) is 7.46. The van der Waals surface area contributed by atoms with E-state index >= 15 is 0 Å². The lowest BCUT2D eigenvalue weighted by molar-refractivity contribution is 0.0990. The number of hydrogen-bond donors (Lipinski definition) is 0. The molecule has 1 saturated carbocycles. The molecule has 0 radical (unpaired) electrons. The number of carbonyl (C=O) groups excluding carboxylic acids is 2. The maximum absolute atomic E-state index is 11.4. The number of Topliss-reactive ketones (excluding diaryl/α,β-unsaturated/α-hetero) is 1. The van der Waals surface area contributed by atoms with Crippen molar-refractivity contribution >= 4 is 34.8 Å². The molecule has 2 aliphatic carbocycles. The Labute approximate surface area is 163 Å². The zero-order chi connectivity index (χ0) is 18.5. The highest BCUT2D eigenvalue weighted by Gasteiger charge is 2.23. The van der Waals surface area contributed by atoms with Crippen LogP contribution < -0.4 is 0 Å². The number of ketones is 2. The minimum atomic E-state index is -0.281. The molecule has 2 aromatic rings. The van der Waals surface area contributed by atoms with E-state index in [0.29, 0.717) is 11.1 Å². The Morgan fingerprint density at radius 1 is 0.769 bits per heavy atom. The zero-order valence-corrected chi connectivity index (χ0v) is 15.9. The van der Waals surface area contributed by atoms with Gasteiger partial charge in [-0.1, -0.05) is 78.9 Å². The fraction of sp³-hybridized carbons (Fsp3) is 0.273. The van der Waals surface area contributed by atoms with Crippen LogP contribution in [0.2, 0.25) is 5.02 Å². The molecular formula is C22H20Cl2O2. The minimum absolute atomic E-state index is 0.0105. The maximum Gasteiger partial charge on any atom is 0.205 e. The maximum atomic E-state index is 11.4. The monoisotopic (exact) mass is 386 g/mol. The molecule has 2 aliphatic rings. The molecule has 0 spiro atoms. The highest BCUT2D eigenvalue weighted by atomic mass is 35.5. The number of hydrogen-bond acceptors (Lipinski definition) is 2. The van der Waals surface area contributed by atoms with Gasteiger partial charge < -0.3 is 0 Å². The van der Waals surface area contributed by atoms with E-state index < -0.39 is 0 Å². The van der Waals surface area contributed by atoms with Crippen molar-refractivity contribution in [3.05, 3.63) is 81.4 Å². The Morgan fingerprint density at radius 3 is 2.04 bits per heavy atom. The number of rotatable bonds is 1. The summed E-state index contributed by atoms with van der Waals surface area (Å²) in [6, 6.07) is 15.0. The third kappa shape index (κ3) is 4.44. The van der Waals surface area contributed by atoms with Crippen LogP contribution >= 0.6 is 23.2 Å². The molecule has 0 aliphatic heterocycles. The Morgan fingerprint density at radius 2 is 1.38 bits per heavy atom. The predicted molar refractivity (Wildman–Crippen MR) is 106 cm³/mol. The summed E-state index contributed by atoms with van der Waals surface area (Å²) in [7, 11) is 0. The summed E-state index contributed by atoms with van der Waals surface area (Å²) < 4.78 is 0. The summed E-state index contributed by atoms with van der Waals surface area (Å²) in [5, 5.41) is 0.836. The summed E-state index contributed by atoms with van der Waals surface area (Å²) in [6.45, 7) is 0. The third-order valence-electron chi connectivity index (χ3n) is 4.86. The van der Waals surface area contributed by atoms with Crippen molar-refractivity contribution in [1.82, 2.24) is 0 Å². The van der Waals surface area contributed by atoms with Crippen LogP contribution in [0.1, 0.15) is 64.3 Å². The molecule has 0 aromatic heterocycles. The number of fused-ring (bicyclic) bond motifs is 1. The topological polar surface area (TPSA) is 34.1 Å². The van der Waals surface area contributed by atoms with Crippen molar-refractivity contribution in [3.8, 4) is 0 Å². The third-order valence-corrected chi connectivity index (χ3v) is 5.39. The van der Waals surface area contributed by atoms with Crippen molar-refractivity contribution in [1.29, 1.82) is 0 Å². The van der Waals surface area contributed by atoms with Crippen LogP contribution in [0, 0.1) is 0 Å². The van der Waals surface area contributed by atoms with Crippen LogP contribution in [0.25, 0.3) is 0 Å². The average Bonchev–Trinajstić information content (AvgIpc) is 2.68. The Bertz CT molecular complexity index is 831. The van der Waals surface area contributed by atoms with E-state index in [1.165, 1.54) is 37.7 Å². The van der Waals surface area contributed by atoms with Crippen molar-refractivity contribution in [2.75, 3.05) is 0 Å². The van der Waals surface area contributed by atoms with Gasteiger partial charge >= 0.3 is 0 Å². The van der Waals surface area contributed by atoms with Gasteiger partial charge in [0.15, 0.2) is 5.78 Å². The first-order valence-corrected chi connectivity index (χ1v) is 9.62. The lowest BCUT2D eigenvalue weighted by atomic mass is 9.84. The standard InChI is InChI=1S/C12H15Cl.C10H5ClO2/c13-12-8-6-11(7-9-12)10-4-2-1-3-5-10;11-8-5-9(12)6-3-1-2-4-7(6)10(8)13/h6-10H,1-5H2;1-5H. The number of allylic oxidation sites excluding steroid dienone is 2. The Balaban J connectivity index is 0.000000151. The van der Waals surface area contributed by atoms with Gasteiger partial charge in [0.05, 0.1) is 5.03 Å². The van der Waals surface area contributed by atoms with Gasteiger partial charge in [0.25, 0.3) is 0 Å². The first kappa shape index (κ1) is 18.9. The molecular weight excluding hydrogens is 367 g/mol. The molecule has 134 valence electrons. The van der Waals surface area contributed by atoms with E-state index in [2.05, 4.69) is 12.1 Å². The van der Waals surface area contributed by atoms with E-state index in [1.807, 2.05) is 12.1 Å². The summed E-state index contributed by atoms with van der Waals surface area (Å²) in [5.41, 5.74) is 2.29. The molecule has 2 nitrogen and oxygen atoms in total. The molecule has 0 heterocycles. The van der Waals surface area contributed by atoms with Crippen LogP contribution in [-0.4, -0.2) is 11.6 Å². The van der Waals surface area contributed by atoms with Crippen LogP contribution in [0.4, 0.5) is 0 Å². The zero-order valence-electron chi connectivity index (χ0n) is 14.4. The van der Waals surface area contributed by atoms with Crippen LogP contribution in [0.3, 0.4) is 0 Å². The summed E-state index contributed by atoms with van der Waals surface area (Å²) >= 11 is 11.4. The lowest BCUT2D eigenvalue weighted by Gasteiger charge is -2.21. The lowest BCUT2D eigenvalue weighted by Crippen LogP contribution is -2.13. The van der Waals surface area contributed by atoms with Crippen molar-refractivity contribution < 1.29 is 9.59 Å². The number of halogens is 2. The van der Waals surface area contributed by atoms with E-state index in [1.54, 1.807) is 24.3 Å². The molecule has 1 fully saturated rings. The van der Waals surface area contributed by atoms with Gasteiger partial charge in [-0.3, -0.25) is 9.59 Å². The van der Waals surface area contributed by atoms with Crippen LogP contribution in [-0.2, 0) is 0 Å². The van der Waals surface area contributed by atoms with Gasteiger partial charge in [0.1, 0.15) is 0 Å². The fourth-order valence-electron chi connectivity index (χ4n) is 3.45. The highest BCUT2D eigenvalue weighted by molar-refractivity contribution is 6.49. The smallest absolute Gasteiger partial charge is 0.205 e. The van der Waals surface area contributed by atoms with Gasteiger partial charge in [-0.15, -0.1) is 0 Å². The Kier molecular flexibility index (Phi) is 6.29. The molecule has 0 saturated heterocycles.